The molecule has 2 heterocycles. The normalized spacial score (nSPS) is 10.7. The minimum absolute atomic E-state index is 0.0517. The number of aromatic nitrogens is 4. The molecule has 0 amide bonds. The monoisotopic (exact) mass is 546 g/mol. The van der Waals surface area contributed by atoms with Gasteiger partial charge in [0, 0.05) is 23.3 Å². The van der Waals surface area contributed by atoms with Crippen LogP contribution in [0.1, 0.15) is 0 Å². The maximum absolute atomic E-state index is 14.2. The lowest BCUT2D eigenvalue weighted by Gasteiger charge is -2.11. The van der Waals surface area contributed by atoms with Crippen LogP contribution in [0.25, 0.3) is 22.8 Å². The molecule has 6 rings (SSSR count). The van der Waals surface area contributed by atoms with Gasteiger partial charge in [-0.15, -0.1) is 0 Å². The number of nitrogens with zero attached hydrogens (tertiary/aromatic N) is 4. The van der Waals surface area contributed by atoms with Crippen molar-refractivity contribution in [2.24, 2.45) is 0 Å². The van der Waals surface area contributed by atoms with Gasteiger partial charge in [-0.05, 0) is 24.3 Å². The Balaban J connectivity index is 1.18. The molecule has 0 aliphatic carbocycles. The molecule has 9 heteroatoms. The van der Waals surface area contributed by atoms with E-state index in [-0.39, 0.29) is 23.4 Å². The van der Waals surface area contributed by atoms with Crippen molar-refractivity contribution >= 4 is 0 Å². The van der Waals surface area contributed by atoms with E-state index >= 15 is 0 Å². The van der Waals surface area contributed by atoms with Gasteiger partial charge in [0.15, 0.2) is 11.6 Å². The Morgan fingerprint density at radius 1 is 0.390 bits per heavy atom. The molecule has 0 aliphatic heterocycles. The van der Waals surface area contributed by atoms with E-state index < -0.39 is 11.9 Å². The molecule has 0 fully saturated rings. The highest BCUT2D eigenvalue weighted by Gasteiger charge is 2.11. The first-order valence-electron chi connectivity index (χ1n) is 12.5. The van der Waals surface area contributed by atoms with Crippen molar-refractivity contribution in [1.82, 2.24) is 19.9 Å². The van der Waals surface area contributed by atoms with Crippen LogP contribution in [0.5, 0.6) is 34.8 Å². The van der Waals surface area contributed by atoms with Gasteiger partial charge in [-0.25, -0.2) is 0 Å². The van der Waals surface area contributed by atoms with E-state index in [1.165, 1.54) is 0 Å². The van der Waals surface area contributed by atoms with E-state index in [0.717, 1.165) is 12.1 Å². The van der Waals surface area contributed by atoms with Crippen LogP contribution in [-0.2, 0) is 0 Å². The topological polar surface area (TPSA) is 79.2 Å². The highest BCUT2D eigenvalue weighted by molar-refractivity contribution is 5.56. The second kappa shape index (κ2) is 11.6. The van der Waals surface area contributed by atoms with E-state index in [1.54, 1.807) is 72.8 Å². The minimum atomic E-state index is -0.711. The number of benzene rings is 4. The van der Waals surface area contributed by atoms with Gasteiger partial charge in [0.2, 0.25) is 23.7 Å². The van der Waals surface area contributed by atoms with E-state index in [1.807, 2.05) is 36.4 Å². The fourth-order valence-electron chi connectivity index (χ4n) is 3.91. The van der Waals surface area contributed by atoms with Crippen molar-refractivity contribution in [3.63, 3.8) is 0 Å². The van der Waals surface area contributed by atoms with Crippen molar-refractivity contribution in [3.05, 3.63) is 133 Å². The fourth-order valence-corrected chi connectivity index (χ4v) is 3.91. The molecule has 4 aromatic carbocycles. The molecule has 200 valence electrons. The molecule has 0 N–H and O–H groups in total. The Morgan fingerprint density at radius 2 is 0.780 bits per heavy atom. The molecule has 0 bridgehead atoms. The molecule has 41 heavy (non-hydrogen) atoms. The largest absolute Gasteiger partial charge is 0.457 e. The van der Waals surface area contributed by atoms with Crippen LogP contribution in [-0.4, -0.2) is 19.9 Å². The summed E-state index contributed by atoms with van der Waals surface area (Å²) in [5.41, 5.74) is 1.33. The first kappa shape index (κ1) is 25.6. The Bertz CT molecular complexity index is 1670. The van der Waals surface area contributed by atoms with Crippen molar-refractivity contribution in [2.45, 2.75) is 0 Å². The van der Waals surface area contributed by atoms with Gasteiger partial charge < -0.3 is 14.2 Å². The van der Waals surface area contributed by atoms with Crippen molar-refractivity contribution < 1.29 is 23.0 Å². The van der Waals surface area contributed by atoms with E-state index in [0.29, 0.717) is 34.1 Å². The van der Waals surface area contributed by atoms with Gasteiger partial charge in [0.1, 0.15) is 23.0 Å². The number of ether oxygens (including phenoxy) is 3. The van der Waals surface area contributed by atoms with Crippen molar-refractivity contribution in [1.29, 1.82) is 0 Å². The third-order valence-corrected chi connectivity index (χ3v) is 5.70. The van der Waals surface area contributed by atoms with Crippen LogP contribution in [0.2, 0.25) is 0 Å². The standard InChI is InChI=1S/C32H20F2N4O3/c33-27-19-29(37-31(35-27)21-9-3-1-4-10-21)40-25-15-7-13-23(17-25)39-24-14-8-16-26(18-24)41-30-20-28(34)36-32(38-30)22-11-5-2-6-12-22/h1-20H. The molecule has 0 unspecified atom stereocenters. The van der Waals surface area contributed by atoms with Crippen LogP contribution in [0.3, 0.4) is 0 Å². The summed E-state index contributed by atoms with van der Waals surface area (Å²) < 4.78 is 46.0. The average molecular weight is 547 g/mol. The molecule has 0 atom stereocenters. The predicted molar refractivity (Wildman–Crippen MR) is 148 cm³/mol. The predicted octanol–water partition coefficient (Wildman–Crippen LogP) is 8.26. The second-order valence-electron chi connectivity index (χ2n) is 8.69. The number of halogens is 2. The smallest absolute Gasteiger partial charge is 0.225 e. The number of hydrogen-bond acceptors (Lipinski definition) is 7. The van der Waals surface area contributed by atoms with Gasteiger partial charge in [0.05, 0.1) is 12.1 Å². The number of hydrogen-bond donors (Lipinski definition) is 0. The van der Waals surface area contributed by atoms with Crippen LogP contribution in [0, 0.1) is 11.9 Å². The zero-order valence-corrected chi connectivity index (χ0v) is 21.3. The SMILES string of the molecule is Fc1cc(Oc2cccc(Oc3cccc(Oc4cc(F)nc(-c5ccccc5)n4)c3)c2)nc(-c2ccccc2)n1. The Morgan fingerprint density at radius 3 is 1.20 bits per heavy atom. The summed E-state index contributed by atoms with van der Waals surface area (Å²) in [4.78, 5) is 16.4. The number of rotatable bonds is 8. The molecule has 7 nitrogen and oxygen atoms in total. The van der Waals surface area contributed by atoms with Crippen LogP contribution < -0.4 is 14.2 Å². The summed E-state index contributed by atoms with van der Waals surface area (Å²) >= 11 is 0. The third kappa shape index (κ3) is 6.48. The molecular formula is C32H20F2N4O3. The van der Waals surface area contributed by atoms with Crippen LogP contribution >= 0.6 is 0 Å². The molecule has 0 saturated heterocycles. The zero-order chi connectivity index (χ0) is 28.0. The summed E-state index contributed by atoms with van der Waals surface area (Å²) in [7, 11) is 0. The quantitative estimate of drug-likeness (QED) is 0.178. The average Bonchev–Trinajstić information content (AvgIpc) is 2.98. The Kier molecular flexibility index (Phi) is 7.23. The van der Waals surface area contributed by atoms with Gasteiger partial charge in [-0.3, -0.25) is 0 Å². The molecular weight excluding hydrogens is 526 g/mol. The summed E-state index contributed by atoms with van der Waals surface area (Å²) in [6, 6.07) is 34.0. The zero-order valence-electron chi connectivity index (χ0n) is 21.3. The van der Waals surface area contributed by atoms with E-state index in [4.69, 9.17) is 14.2 Å². The fraction of sp³-hybridized carbons (Fsp3) is 0. The van der Waals surface area contributed by atoms with Crippen LogP contribution in [0.4, 0.5) is 8.78 Å². The lowest BCUT2D eigenvalue weighted by Crippen LogP contribution is -1.97. The van der Waals surface area contributed by atoms with Gasteiger partial charge in [-0.2, -0.15) is 28.7 Å². The van der Waals surface area contributed by atoms with Crippen molar-refractivity contribution in [3.8, 4) is 57.5 Å². The molecule has 0 saturated carbocycles. The molecule has 0 aliphatic rings. The molecule has 0 spiro atoms. The van der Waals surface area contributed by atoms with Gasteiger partial charge >= 0.3 is 0 Å². The first-order valence-corrected chi connectivity index (χ1v) is 12.5. The Labute approximate surface area is 233 Å². The summed E-state index contributed by atoms with van der Waals surface area (Å²) in [5, 5.41) is 0. The van der Waals surface area contributed by atoms with Crippen molar-refractivity contribution in [2.75, 3.05) is 0 Å². The van der Waals surface area contributed by atoms with Gasteiger partial charge in [0.25, 0.3) is 0 Å². The first-order chi connectivity index (χ1) is 20.1. The lowest BCUT2D eigenvalue weighted by molar-refractivity contribution is 0.435. The molecule has 6 aromatic rings. The van der Waals surface area contributed by atoms with Gasteiger partial charge in [-0.1, -0.05) is 72.8 Å². The minimum Gasteiger partial charge on any atom is -0.457 e. The Hall–Kier alpha value is -5.70. The second-order valence-corrected chi connectivity index (χ2v) is 8.69. The summed E-state index contributed by atoms with van der Waals surface area (Å²) in [5.74, 6) is 0.790. The molecule has 2 aromatic heterocycles. The molecule has 0 radical (unpaired) electrons. The van der Waals surface area contributed by atoms with Crippen LogP contribution in [0.15, 0.2) is 121 Å². The highest BCUT2D eigenvalue weighted by Crippen LogP contribution is 2.31. The highest BCUT2D eigenvalue weighted by atomic mass is 19.1. The maximum atomic E-state index is 14.2. The van der Waals surface area contributed by atoms with E-state index in [2.05, 4.69) is 19.9 Å². The summed E-state index contributed by atoms with van der Waals surface area (Å²) in [6.45, 7) is 0. The third-order valence-electron chi connectivity index (χ3n) is 5.70. The lowest BCUT2D eigenvalue weighted by atomic mass is 10.2. The summed E-state index contributed by atoms with van der Waals surface area (Å²) in [6.07, 6.45) is 0. The maximum Gasteiger partial charge on any atom is 0.225 e. The van der Waals surface area contributed by atoms with E-state index in [9.17, 15) is 8.78 Å².